The van der Waals surface area contributed by atoms with E-state index >= 15 is 0 Å². The highest BCUT2D eigenvalue weighted by Gasteiger charge is 2.09. The molecule has 0 spiro atoms. The zero-order valence-electron chi connectivity index (χ0n) is 11.2. The van der Waals surface area contributed by atoms with Gasteiger partial charge in [-0.25, -0.2) is 4.98 Å². The van der Waals surface area contributed by atoms with Crippen molar-refractivity contribution in [1.82, 2.24) is 20.1 Å². The van der Waals surface area contributed by atoms with Gasteiger partial charge in [-0.2, -0.15) is 5.10 Å². The fourth-order valence-corrected chi connectivity index (χ4v) is 2.02. The monoisotopic (exact) mass is 324 g/mol. The van der Waals surface area contributed by atoms with Crippen LogP contribution in [0.5, 0.6) is 11.6 Å². The van der Waals surface area contributed by atoms with Crippen molar-refractivity contribution in [3.8, 4) is 11.6 Å². The van der Waals surface area contributed by atoms with E-state index in [1.165, 1.54) is 0 Å². The van der Waals surface area contributed by atoms with Gasteiger partial charge < -0.3 is 10.1 Å². The summed E-state index contributed by atoms with van der Waals surface area (Å²) in [4.78, 5) is 4.30. The average molecular weight is 325 g/mol. The van der Waals surface area contributed by atoms with E-state index in [1.807, 2.05) is 24.0 Å². The molecule has 0 bridgehead atoms. The molecule has 2 rings (SSSR count). The summed E-state index contributed by atoms with van der Waals surface area (Å²) in [6.07, 6.45) is 5.30. The summed E-state index contributed by atoms with van der Waals surface area (Å²) in [6.45, 7) is 4.84. The van der Waals surface area contributed by atoms with Crippen LogP contribution in [-0.2, 0) is 6.54 Å². The molecule has 0 aromatic carbocycles. The van der Waals surface area contributed by atoms with Gasteiger partial charge in [-0.05, 0) is 42.9 Å². The number of pyridine rings is 1. The molecule has 1 N–H and O–H groups in total. The first-order chi connectivity index (χ1) is 9.10. The SMILES string of the molecule is CNCc1cc(Br)cnc1Oc1cnn(C(C)C)c1. The van der Waals surface area contributed by atoms with Gasteiger partial charge in [0, 0.05) is 28.8 Å². The van der Waals surface area contributed by atoms with Crippen molar-refractivity contribution in [3.63, 3.8) is 0 Å². The summed E-state index contributed by atoms with van der Waals surface area (Å²) in [5, 5.41) is 7.34. The maximum absolute atomic E-state index is 5.79. The molecular weight excluding hydrogens is 308 g/mol. The number of ether oxygens (including phenoxy) is 1. The molecule has 2 aromatic rings. The van der Waals surface area contributed by atoms with Crippen molar-refractivity contribution in [3.05, 3.63) is 34.7 Å². The molecule has 0 aliphatic carbocycles. The summed E-state index contributed by atoms with van der Waals surface area (Å²) >= 11 is 3.41. The molecule has 0 atom stereocenters. The van der Waals surface area contributed by atoms with E-state index in [-0.39, 0.29) is 0 Å². The molecule has 0 saturated carbocycles. The van der Waals surface area contributed by atoms with Gasteiger partial charge in [-0.3, -0.25) is 4.68 Å². The molecule has 0 aliphatic rings. The maximum Gasteiger partial charge on any atom is 0.223 e. The summed E-state index contributed by atoms with van der Waals surface area (Å²) in [6, 6.07) is 2.30. The van der Waals surface area contributed by atoms with Crippen LogP contribution in [0.25, 0.3) is 0 Å². The van der Waals surface area contributed by atoms with Crippen LogP contribution in [-0.4, -0.2) is 21.8 Å². The van der Waals surface area contributed by atoms with Gasteiger partial charge >= 0.3 is 0 Å². The Morgan fingerprint density at radius 3 is 2.84 bits per heavy atom. The molecule has 102 valence electrons. The second kappa shape index (κ2) is 6.16. The Morgan fingerprint density at radius 2 is 2.21 bits per heavy atom. The zero-order valence-corrected chi connectivity index (χ0v) is 12.8. The third-order valence-corrected chi connectivity index (χ3v) is 3.01. The molecule has 2 heterocycles. The van der Waals surface area contributed by atoms with Gasteiger partial charge in [0.25, 0.3) is 0 Å². The lowest BCUT2D eigenvalue weighted by Gasteiger charge is -2.08. The van der Waals surface area contributed by atoms with Crippen LogP contribution >= 0.6 is 15.9 Å². The molecule has 0 saturated heterocycles. The molecule has 6 heteroatoms. The number of nitrogens with one attached hydrogen (secondary N) is 1. The number of nitrogens with zero attached hydrogens (tertiary/aromatic N) is 3. The van der Waals surface area contributed by atoms with Crippen molar-refractivity contribution in [2.45, 2.75) is 26.4 Å². The quantitative estimate of drug-likeness (QED) is 0.918. The Balaban J connectivity index is 2.21. The van der Waals surface area contributed by atoms with Crippen molar-refractivity contribution in [2.24, 2.45) is 0 Å². The molecule has 0 aliphatic heterocycles. The van der Waals surface area contributed by atoms with E-state index in [0.717, 1.165) is 10.0 Å². The van der Waals surface area contributed by atoms with Crippen LogP contribution in [0.3, 0.4) is 0 Å². The summed E-state index contributed by atoms with van der Waals surface area (Å²) in [7, 11) is 1.89. The van der Waals surface area contributed by atoms with Crippen molar-refractivity contribution >= 4 is 15.9 Å². The molecular formula is C13H17BrN4O. The van der Waals surface area contributed by atoms with Crippen LogP contribution in [0.1, 0.15) is 25.5 Å². The molecule has 0 unspecified atom stereocenters. The molecule has 2 aromatic heterocycles. The normalized spacial score (nSPS) is 11.0. The van der Waals surface area contributed by atoms with Crippen molar-refractivity contribution in [2.75, 3.05) is 7.05 Å². The average Bonchev–Trinajstić information content (AvgIpc) is 2.82. The van der Waals surface area contributed by atoms with E-state index < -0.39 is 0 Å². The Labute approximate surface area is 121 Å². The standard InChI is InChI=1S/C13H17BrN4O/c1-9(2)18-8-12(7-17-18)19-13-10(5-15-3)4-11(14)6-16-13/h4,6-9,15H,5H2,1-3H3. The minimum Gasteiger partial charge on any atom is -0.435 e. The number of hydrogen-bond acceptors (Lipinski definition) is 4. The van der Waals surface area contributed by atoms with Gasteiger partial charge in [0.05, 0.1) is 12.4 Å². The predicted octanol–water partition coefficient (Wildman–Crippen LogP) is 3.13. The lowest BCUT2D eigenvalue weighted by molar-refractivity contribution is 0.450. The van der Waals surface area contributed by atoms with Gasteiger partial charge in [-0.15, -0.1) is 0 Å². The highest BCUT2D eigenvalue weighted by atomic mass is 79.9. The van der Waals surface area contributed by atoms with E-state index in [4.69, 9.17) is 4.74 Å². The van der Waals surface area contributed by atoms with Gasteiger partial charge in [-0.1, -0.05) is 0 Å². The molecule has 0 amide bonds. The third-order valence-electron chi connectivity index (χ3n) is 2.58. The molecule has 0 radical (unpaired) electrons. The lowest BCUT2D eigenvalue weighted by atomic mass is 10.3. The Bertz CT molecular complexity index is 553. The van der Waals surface area contributed by atoms with Gasteiger partial charge in [0.1, 0.15) is 0 Å². The number of aromatic nitrogens is 3. The Kier molecular flexibility index (Phi) is 4.55. The fourth-order valence-electron chi connectivity index (χ4n) is 1.64. The predicted molar refractivity (Wildman–Crippen MR) is 77.4 cm³/mol. The molecule has 5 nitrogen and oxygen atoms in total. The van der Waals surface area contributed by atoms with Crippen LogP contribution in [0, 0.1) is 0 Å². The number of halogens is 1. The van der Waals surface area contributed by atoms with E-state index in [9.17, 15) is 0 Å². The largest absolute Gasteiger partial charge is 0.435 e. The van der Waals surface area contributed by atoms with Crippen LogP contribution in [0.4, 0.5) is 0 Å². The van der Waals surface area contributed by atoms with Crippen molar-refractivity contribution < 1.29 is 4.74 Å². The smallest absolute Gasteiger partial charge is 0.223 e. The van der Waals surface area contributed by atoms with Crippen LogP contribution in [0.15, 0.2) is 29.1 Å². The van der Waals surface area contributed by atoms with Gasteiger partial charge in [0.15, 0.2) is 5.75 Å². The Morgan fingerprint density at radius 1 is 1.42 bits per heavy atom. The minimum absolute atomic E-state index is 0.312. The Hall–Kier alpha value is -1.40. The number of rotatable bonds is 5. The van der Waals surface area contributed by atoms with Gasteiger partial charge in [0.2, 0.25) is 5.88 Å². The number of hydrogen-bond donors (Lipinski definition) is 1. The second-order valence-electron chi connectivity index (χ2n) is 4.50. The second-order valence-corrected chi connectivity index (χ2v) is 5.42. The summed E-state index contributed by atoms with van der Waals surface area (Å²) in [5.41, 5.74) is 0.995. The third kappa shape index (κ3) is 3.54. The zero-order chi connectivity index (χ0) is 13.8. The summed E-state index contributed by atoms with van der Waals surface area (Å²) in [5.74, 6) is 1.29. The topological polar surface area (TPSA) is 52.0 Å². The summed E-state index contributed by atoms with van der Waals surface area (Å²) < 4.78 is 8.58. The maximum atomic E-state index is 5.79. The van der Waals surface area contributed by atoms with Crippen LogP contribution in [0.2, 0.25) is 0 Å². The highest BCUT2D eigenvalue weighted by Crippen LogP contribution is 2.25. The minimum atomic E-state index is 0.312. The van der Waals surface area contributed by atoms with E-state index in [1.54, 1.807) is 12.4 Å². The first-order valence-electron chi connectivity index (χ1n) is 6.11. The lowest BCUT2D eigenvalue weighted by Crippen LogP contribution is -2.07. The first-order valence-corrected chi connectivity index (χ1v) is 6.90. The van der Waals surface area contributed by atoms with E-state index in [0.29, 0.717) is 24.2 Å². The molecule has 0 fully saturated rings. The molecule has 19 heavy (non-hydrogen) atoms. The van der Waals surface area contributed by atoms with Crippen molar-refractivity contribution in [1.29, 1.82) is 0 Å². The highest BCUT2D eigenvalue weighted by molar-refractivity contribution is 9.10. The fraction of sp³-hybridized carbons (Fsp3) is 0.385. The van der Waals surface area contributed by atoms with Crippen LogP contribution < -0.4 is 10.1 Å². The first kappa shape index (κ1) is 14.0. The van der Waals surface area contributed by atoms with E-state index in [2.05, 4.69) is 45.2 Å².